The van der Waals surface area contributed by atoms with Crippen LogP contribution in [0.5, 0.6) is 0 Å². The van der Waals surface area contributed by atoms with Crippen LogP contribution in [0.25, 0.3) is 0 Å². The van der Waals surface area contributed by atoms with Gasteiger partial charge in [0.15, 0.2) is 0 Å². The van der Waals surface area contributed by atoms with Gasteiger partial charge in [0.05, 0.1) is 16.7 Å². The molecule has 8 heteroatoms. The van der Waals surface area contributed by atoms with E-state index in [9.17, 15) is 19.5 Å². The number of amides is 2. The highest BCUT2D eigenvalue weighted by Gasteiger charge is 2.40. The maximum Gasteiger partial charge on any atom is 0.348 e. The maximum absolute atomic E-state index is 13.7. The molecule has 1 aliphatic heterocycles. The molecule has 2 aliphatic rings. The van der Waals surface area contributed by atoms with Crippen molar-refractivity contribution in [3.05, 3.63) is 15.8 Å². The number of carbonyl (C=O) groups excluding carboxylic acids is 2. The van der Waals surface area contributed by atoms with E-state index in [0.29, 0.717) is 18.0 Å². The summed E-state index contributed by atoms with van der Waals surface area (Å²) in [5, 5.41) is 9.91. The van der Waals surface area contributed by atoms with Crippen molar-refractivity contribution in [1.82, 2.24) is 4.90 Å². The van der Waals surface area contributed by atoms with E-state index in [1.165, 1.54) is 4.90 Å². The van der Waals surface area contributed by atoms with Crippen LogP contribution >= 0.6 is 11.3 Å². The molecule has 1 N–H and O–H groups in total. The second-order valence-electron chi connectivity index (χ2n) is 9.95. The number of anilines is 1. The fourth-order valence-corrected chi connectivity index (χ4v) is 5.07. The highest BCUT2D eigenvalue weighted by atomic mass is 32.1. The molecule has 7 nitrogen and oxygen atoms in total. The Hall–Kier alpha value is -2.37. The number of nitrogens with zero attached hydrogens (tertiary/aromatic N) is 2. The van der Waals surface area contributed by atoms with Crippen LogP contribution < -0.4 is 4.90 Å². The molecule has 2 fully saturated rings. The summed E-state index contributed by atoms with van der Waals surface area (Å²) in [4.78, 5) is 42.8. The van der Waals surface area contributed by atoms with Gasteiger partial charge in [-0.25, -0.2) is 4.79 Å². The summed E-state index contributed by atoms with van der Waals surface area (Å²) >= 11 is 1.05. The summed E-state index contributed by atoms with van der Waals surface area (Å²) in [7, 11) is 1.61. The van der Waals surface area contributed by atoms with Gasteiger partial charge in [0.25, 0.3) is 0 Å². The summed E-state index contributed by atoms with van der Waals surface area (Å²) in [6.07, 6.45) is 4.54. The van der Waals surface area contributed by atoms with Gasteiger partial charge in [-0.15, -0.1) is 11.3 Å². The van der Waals surface area contributed by atoms with E-state index in [1.807, 2.05) is 20.8 Å². The summed E-state index contributed by atoms with van der Waals surface area (Å²) in [6, 6.07) is 0.846. The Morgan fingerprint density at radius 2 is 1.85 bits per heavy atom. The molecule has 1 aromatic rings. The van der Waals surface area contributed by atoms with Crippen molar-refractivity contribution in [2.75, 3.05) is 25.1 Å². The van der Waals surface area contributed by atoms with E-state index >= 15 is 0 Å². The molecule has 0 aromatic carbocycles. The third-order valence-corrected chi connectivity index (χ3v) is 7.18. The average Bonchev–Trinajstić information content (AvgIpc) is 3.16. The van der Waals surface area contributed by atoms with Gasteiger partial charge in [-0.1, -0.05) is 31.1 Å². The fraction of sp³-hybridized carbons (Fsp3) is 0.640. The van der Waals surface area contributed by atoms with E-state index in [4.69, 9.17) is 4.74 Å². The number of rotatable bonds is 6. The number of methoxy groups -OCH3 is 1. The van der Waals surface area contributed by atoms with Gasteiger partial charge in [0.1, 0.15) is 10.9 Å². The summed E-state index contributed by atoms with van der Waals surface area (Å²) in [5.41, 5.74) is 0.0232. The van der Waals surface area contributed by atoms with Gasteiger partial charge in [-0.05, 0) is 46.6 Å². The van der Waals surface area contributed by atoms with Gasteiger partial charge >= 0.3 is 5.97 Å². The Morgan fingerprint density at radius 1 is 1.21 bits per heavy atom. The zero-order valence-corrected chi connectivity index (χ0v) is 21.0. The van der Waals surface area contributed by atoms with Crippen LogP contribution in [0.2, 0.25) is 0 Å². The van der Waals surface area contributed by atoms with E-state index in [2.05, 4.69) is 11.8 Å². The van der Waals surface area contributed by atoms with Crippen LogP contribution in [-0.2, 0) is 14.3 Å². The number of aromatic carboxylic acids is 1. The Balaban J connectivity index is 2.00. The van der Waals surface area contributed by atoms with E-state index in [1.54, 1.807) is 25.0 Å². The molecule has 180 valence electrons. The van der Waals surface area contributed by atoms with Crippen molar-refractivity contribution >= 4 is 34.8 Å². The SMILES string of the molecule is COC1CN(C(=O)[C@H](C)N(C(=O)C2CCCCC2)c2cc(C#CC(C)(C)C)sc2C(=O)O)C1. The lowest BCUT2D eigenvalue weighted by atomic mass is 9.87. The zero-order valence-electron chi connectivity index (χ0n) is 20.1. The second-order valence-corrected chi connectivity index (χ2v) is 11.0. The molecule has 1 aliphatic carbocycles. The number of ether oxygens (including phenoxy) is 1. The molecule has 0 spiro atoms. The number of thiophene rings is 1. The number of hydrogen-bond donors (Lipinski definition) is 1. The second kappa shape index (κ2) is 10.3. The first kappa shape index (κ1) is 25.3. The van der Waals surface area contributed by atoms with Crippen molar-refractivity contribution in [2.45, 2.75) is 71.9 Å². The fourth-order valence-electron chi connectivity index (χ4n) is 4.23. The van der Waals surface area contributed by atoms with E-state index in [-0.39, 0.29) is 39.8 Å². The molecular weight excluding hydrogens is 440 g/mol. The lowest BCUT2D eigenvalue weighted by Gasteiger charge is -2.42. The van der Waals surface area contributed by atoms with Gasteiger partial charge in [0, 0.05) is 31.5 Å². The Bertz CT molecular complexity index is 956. The lowest BCUT2D eigenvalue weighted by Crippen LogP contribution is -2.60. The third kappa shape index (κ3) is 5.96. The topological polar surface area (TPSA) is 87.2 Å². The highest BCUT2D eigenvalue weighted by Crippen LogP contribution is 2.36. The molecule has 3 rings (SSSR count). The highest BCUT2D eigenvalue weighted by molar-refractivity contribution is 7.15. The first-order valence-electron chi connectivity index (χ1n) is 11.6. The van der Waals surface area contributed by atoms with Crippen LogP contribution in [-0.4, -0.2) is 60.1 Å². The molecule has 1 saturated heterocycles. The first-order chi connectivity index (χ1) is 15.5. The monoisotopic (exact) mass is 474 g/mol. The molecule has 33 heavy (non-hydrogen) atoms. The average molecular weight is 475 g/mol. The number of likely N-dealkylation sites (tertiary alicyclic amines) is 1. The zero-order chi connectivity index (χ0) is 24.3. The van der Waals surface area contributed by atoms with E-state index < -0.39 is 12.0 Å². The van der Waals surface area contributed by atoms with Crippen molar-refractivity contribution in [3.63, 3.8) is 0 Å². The van der Waals surface area contributed by atoms with Crippen LogP contribution in [0.1, 0.15) is 74.3 Å². The van der Waals surface area contributed by atoms with Gasteiger partial charge in [-0.2, -0.15) is 0 Å². The Kier molecular flexibility index (Phi) is 7.86. The number of hydrogen-bond acceptors (Lipinski definition) is 5. The number of carbonyl (C=O) groups is 3. The van der Waals surface area contributed by atoms with E-state index in [0.717, 1.165) is 43.4 Å². The van der Waals surface area contributed by atoms with Gasteiger partial charge < -0.3 is 14.7 Å². The first-order valence-corrected chi connectivity index (χ1v) is 12.4. The quantitative estimate of drug-likeness (QED) is 0.630. The molecule has 0 radical (unpaired) electrons. The molecule has 1 aromatic heterocycles. The minimum atomic E-state index is -1.12. The van der Waals surface area contributed by atoms with Crippen molar-refractivity contribution in [2.24, 2.45) is 11.3 Å². The number of carboxylic acid groups (broad SMARTS) is 1. The van der Waals surface area contributed by atoms with Crippen LogP contribution in [0.15, 0.2) is 6.07 Å². The van der Waals surface area contributed by atoms with Gasteiger partial charge in [0.2, 0.25) is 11.8 Å². The largest absolute Gasteiger partial charge is 0.477 e. The van der Waals surface area contributed by atoms with Gasteiger partial charge in [-0.3, -0.25) is 14.5 Å². The molecule has 2 amide bonds. The summed E-state index contributed by atoms with van der Waals surface area (Å²) < 4.78 is 5.28. The molecular formula is C25H34N2O5S. The Morgan fingerprint density at radius 3 is 2.39 bits per heavy atom. The minimum Gasteiger partial charge on any atom is -0.477 e. The Labute approximate surface area is 200 Å². The predicted molar refractivity (Wildman–Crippen MR) is 129 cm³/mol. The van der Waals surface area contributed by atoms with Crippen molar-refractivity contribution in [3.8, 4) is 11.8 Å². The molecule has 1 atom stereocenters. The van der Waals surface area contributed by atoms with Crippen LogP contribution in [0.3, 0.4) is 0 Å². The molecule has 1 saturated carbocycles. The molecule has 0 unspecified atom stereocenters. The number of carboxylic acids is 1. The minimum absolute atomic E-state index is 0.00125. The maximum atomic E-state index is 13.7. The standard InChI is InChI=1S/C25H34N2O5S/c1-16(22(28)26-14-18(15-26)32-5)27(23(29)17-9-7-6-8-10-17)20-13-19(11-12-25(2,3)4)33-21(20)24(30)31/h13,16-18H,6-10,14-15H2,1-5H3,(H,30,31)/t16-/m0/s1. The molecule has 2 heterocycles. The lowest BCUT2D eigenvalue weighted by molar-refractivity contribution is -0.145. The summed E-state index contributed by atoms with van der Waals surface area (Å²) in [5.74, 6) is 4.48. The third-order valence-electron chi connectivity index (χ3n) is 6.16. The van der Waals surface area contributed by atoms with Crippen LogP contribution in [0, 0.1) is 23.2 Å². The predicted octanol–water partition coefficient (Wildman–Crippen LogP) is 4.00. The van der Waals surface area contributed by atoms with Crippen molar-refractivity contribution < 1.29 is 24.2 Å². The van der Waals surface area contributed by atoms with Crippen LogP contribution in [0.4, 0.5) is 5.69 Å². The molecule has 0 bridgehead atoms. The normalized spacial score (nSPS) is 18.2. The smallest absolute Gasteiger partial charge is 0.348 e. The summed E-state index contributed by atoms with van der Waals surface area (Å²) in [6.45, 7) is 8.57. The van der Waals surface area contributed by atoms with Crippen molar-refractivity contribution in [1.29, 1.82) is 0 Å².